The van der Waals surface area contributed by atoms with Crippen LogP contribution in [0.4, 0.5) is 0 Å². The molecule has 0 aromatic carbocycles. The zero-order chi connectivity index (χ0) is 53.6. The van der Waals surface area contributed by atoms with E-state index >= 15 is 0 Å². The van der Waals surface area contributed by atoms with E-state index < -0.39 is 6.10 Å². The van der Waals surface area contributed by atoms with Crippen LogP contribution in [0.2, 0.25) is 0 Å². The monoisotopic (exact) mass is 1040 g/mol. The van der Waals surface area contributed by atoms with Crippen LogP contribution in [0.3, 0.4) is 0 Å². The number of ether oxygens (including phenoxy) is 3. The van der Waals surface area contributed by atoms with Crippen molar-refractivity contribution >= 4 is 17.9 Å². The lowest BCUT2D eigenvalue weighted by atomic mass is 10.0. The number of carbonyl (C=O) groups is 3. The van der Waals surface area contributed by atoms with Crippen LogP contribution < -0.4 is 0 Å². The second kappa shape index (κ2) is 62.9. The molecule has 6 nitrogen and oxygen atoms in total. The van der Waals surface area contributed by atoms with Gasteiger partial charge in [-0.25, -0.2) is 0 Å². The van der Waals surface area contributed by atoms with E-state index in [1.165, 1.54) is 218 Å². The summed E-state index contributed by atoms with van der Waals surface area (Å²) in [6.45, 7) is 6.61. The minimum Gasteiger partial charge on any atom is -0.462 e. The molecule has 0 aliphatic rings. The minimum atomic E-state index is -0.782. The van der Waals surface area contributed by atoms with E-state index in [1.807, 2.05) is 0 Å². The van der Waals surface area contributed by atoms with Crippen LogP contribution in [0.15, 0.2) is 48.6 Å². The fourth-order valence-corrected chi connectivity index (χ4v) is 9.57. The van der Waals surface area contributed by atoms with Crippen molar-refractivity contribution in [2.45, 2.75) is 354 Å². The summed E-state index contributed by atoms with van der Waals surface area (Å²) in [6.07, 6.45) is 78.5. The Bertz CT molecular complexity index is 1280. The largest absolute Gasteiger partial charge is 0.462 e. The number of unbranched alkanes of at least 4 members (excludes halogenated alkanes) is 41. The highest BCUT2D eigenvalue weighted by molar-refractivity contribution is 5.71. The van der Waals surface area contributed by atoms with Crippen molar-refractivity contribution in [2.75, 3.05) is 13.2 Å². The third-order valence-electron chi connectivity index (χ3n) is 14.5. The zero-order valence-corrected chi connectivity index (χ0v) is 49.6. The molecule has 0 bridgehead atoms. The van der Waals surface area contributed by atoms with Gasteiger partial charge in [-0.3, -0.25) is 14.4 Å². The molecule has 0 aromatic rings. The summed E-state index contributed by atoms with van der Waals surface area (Å²) in [4.78, 5) is 38.2. The zero-order valence-electron chi connectivity index (χ0n) is 49.6. The van der Waals surface area contributed by atoms with Gasteiger partial charge in [0, 0.05) is 19.3 Å². The Morgan fingerprint density at radius 1 is 0.270 bits per heavy atom. The number of rotatable bonds is 60. The molecule has 0 radical (unpaired) electrons. The molecule has 0 N–H and O–H groups in total. The van der Waals surface area contributed by atoms with Crippen LogP contribution in [0, 0.1) is 0 Å². The third kappa shape index (κ3) is 60.2. The summed E-state index contributed by atoms with van der Waals surface area (Å²) in [5.74, 6) is -0.886. The molecule has 1 atom stereocenters. The lowest BCUT2D eigenvalue weighted by molar-refractivity contribution is -0.167. The molecule has 0 heterocycles. The number of hydrogen-bond acceptors (Lipinski definition) is 6. The summed E-state index contributed by atoms with van der Waals surface area (Å²) in [5, 5.41) is 0. The molecule has 0 aliphatic carbocycles. The van der Waals surface area contributed by atoms with Crippen LogP contribution in [-0.2, 0) is 28.6 Å². The van der Waals surface area contributed by atoms with Gasteiger partial charge >= 0.3 is 17.9 Å². The first-order chi connectivity index (χ1) is 36.5. The molecule has 0 saturated carbocycles. The Balaban J connectivity index is 4.15. The topological polar surface area (TPSA) is 78.9 Å². The molecule has 0 aliphatic heterocycles. The molecule has 0 saturated heterocycles. The van der Waals surface area contributed by atoms with Gasteiger partial charge in [0.2, 0.25) is 0 Å². The van der Waals surface area contributed by atoms with Crippen molar-refractivity contribution in [1.82, 2.24) is 0 Å². The average molecular weight is 1040 g/mol. The number of carbonyl (C=O) groups excluding carboxylic acids is 3. The fourth-order valence-electron chi connectivity index (χ4n) is 9.57. The van der Waals surface area contributed by atoms with Crippen LogP contribution in [0.25, 0.3) is 0 Å². The van der Waals surface area contributed by atoms with Crippen molar-refractivity contribution in [2.24, 2.45) is 0 Å². The summed E-state index contributed by atoms with van der Waals surface area (Å²) >= 11 is 0. The van der Waals surface area contributed by atoms with Crippen molar-refractivity contribution < 1.29 is 28.6 Å². The quantitative estimate of drug-likeness (QED) is 0.0261. The molecule has 1 unspecified atom stereocenters. The first-order valence-electron chi connectivity index (χ1n) is 32.6. The number of allylic oxidation sites excluding steroid dienone is 8. The van der Waals surface area contributed by atoms with Crippen molar-refractivity contribution in [1.29, 1.82) is 0 Å². The molecule has 0 amide bonds. The van der Waals surface area contributed by atoms with E-state index in [9.17, 15) is 14.4 Å². The molecule has 0 aromatic heterocycles. The molecular formula is C68H124O6. The Hall–Kier alpha value is -2.63. The fraction of sp³-hybridized carbons (Fsp3) is 0.838. The SMILES string of the molecule is CCCC/C=C\CCCCCCCC(=O)OCC(COC(=O)CCCCCCCCCCCCCCCCCCC/C=C\CCCCCCCCCC)OC(=O)CCCCCCC/C=C\C/C=C\CCCCCC. The number of hydrogen-bond donors (Lipinski definition) is 0. The maximum Gasteiger partial charge on any atom is 0.306 e. The first kappa shape index (κ1) is 71.4. The van der Waals surface area contributed by atoms with Crippen molar-refractivity contribution in [3.8, 4) is 0 Å². The molecule has 0 fully saturated rings. The number of esters is 3. The predicted octanol–water partition coefficient (Wildman–Crippen LogP) is 22.2. The van der Waals surface area contributed by atoms with Crippen molar-refractivity contribution in [3.63, 3.8) is 0 Å². The van der Waals surface area contributed by atoms with Gasteiger partial charge in [-0.2, -0.15) is 0 Å². The second-order valence-electron chi connectivity index (χ2n) is 22.0. The van der Waals surface area contributed by atoms with Gasteiger partial charge < -0.3 is 14.2 Å². The van der Waals surface area contributed by atoms with Crippen LogP contribution in [-0.4, -0.2) is 37.2 Å². The maximum absolute atomic E-state index is 12.9. The van der Waals surface area contributed by atoms with E-state index in [0.717, 1.165) is 89.9 Å². The van der Waals surface area contributed by atoms with Crippen LogP contribution in [0.5, 0.6) is 0 Å². The van der Waals surface area contributed by atoms with Crippen LogP contribution in [0.1, 0.15) is 348 Å². The van der Waals surface area contributed by atoms with Gasteiger partial charge in [0.1, 0.15) is 13.2 Å². The highest BCUT2D eigenvalue weighted by Gasteiger charge is 2.19. The van der Waals surface area contributed by atoms with E-state index in [-0.39, 0.29) is 31.1 Å². The van der Waals surface area contributed by atoms with E-state index in [4.69, 9.17) is 14.2 Å². The molecule has 432 valence electrons. The molecule has 6 heteroatoms. The lowest BCUT2D eigenvalue weighted by Gasteiger charge is -2.18. The van der Waals surface area contributed by atoms with E-state index in [2.05, 4.69) is 69.4 Å². The minimum absolute atomic E-state index is 0.0786. The van der Waals surface area contributed by atoms with Gasteiger partial charge in [-0.05, 0) is 96.3 Å². The summed E-state index contributed by atoms with van der Waals surface area (Å²) in [6, 6.07) is 0. The molecule has 0 spiro atoms. The third-order valence-corrected chi connectivity index (χ3v) is 14.5. The Kier molecular flexibility index (Phi) is 60.7. The summed E-state index contributed by atoms with van der Waals surface area (Å²) < 4.78 is 16.9. The summed E-state index contributed by atoms with van der Waals surface area (Å²) in [7, 11) is 0. The Morgan fingerprint density at radius 2 is 0.500 bits per heavy atom. The summed E-state index contributed by atoms with van der Waals surface area (Å²) in [5.41, 5.74) is 0. The Morgan fingerprint density at radius 3 is 0.811 bits per heavy atom. The van der Waals surface area contributed by atoms with Gasteiger partial charge in [0.05, 0.1) is 0 Å². The highest BCUT2D eigenvalue weighted by atomic mass is 16.6. The van der Waals surface area contributed by atoms with E-state index in [0.29, 0.717) is 19.3 Å². The smallest absolute Gasteiger partial charge is 0.306 e. The standard InChI is InChI=1S/C68H124O6/c1-4-7-10-13-16-19-22-24-26-28-29-30-31-32-33-34-35-36-37-38-39-40-42-43-46-49-52-55-58-61-67(70)73-64-65(63-72-66(69)60-57-54-51-48-45-21-18-15-12-9-6-3)74-68(71)62-59-56-53-50-47-44-41-27-25-23-20-17-14-11-8-5-2/h15,18,20,23,27-29,41,65H,4-14,16-17,19,21-22,24-26,30-40,42-64H2,1-3H3/b18-15-,23-20-,29-28-,41-27-. The predicted molar refractivity (Wildman–Crippen MR) is 321 cm³/mol. The second-order valence-corrected chi connectivity index (χ2v) is 22.0. The highest BCUT2D eigenvalue weighted by Crippen LogP contribution is 2.17. The lowest BCUT2D eigenvalue weighted by Crippen LogP contribution is -2.30. The van der Waals surface area contributed by atoms with Crippen LogP contribution >= 0.6 is 0 Å². The van der Waals surface area contributed by atoms with Gasteiger partial charge in [-0.1, -0.05) is 281 Å². The first-order valence-corrected chi connectivity index (χ1v) is 32.6. The Labute approximate surface area is 460 Å². The van der Waals surface area contributed by atoms with Gasteiger partial charge in [-0.15, -0.1) is 0 Å². The maximum atomic E-state index is 12.9. The molecule has 74 heavy (non-hydrogen) atoms. The van der Waals surface area contributed by atoms with Gasteiger partial charge in [0.15, 0.2) is 6.10 Å². The van der Waals surface area contributed by atoms with E-state index in [1.54, 1.807) is 0 Å². The van der Waals surface area contributed by atoms with Gasteiger partial charge in [0.25, 0.3) is 0 Å². The normalized spacial score (nSPS) is 12.3. The van der Waals surface area contributed by atoms with Crippen molar-refractivity contribution in [3.05, 3.63) is 48.6 Å². The molecular weight excluding hydrogens is 913 g/mol. The average Bonchev–Trinajstić information content (AvgIpc) is 3.40. The molecule has 0 rings (SSSR count).